The van der Waals surface area contributed by atoms with Crippen molar-refractivity contribution in [3.63, 3.8) is 0 Å². The van der Waals surface area contributed by atoms with Gasteiger partial charge in [0, 0.05) is 6.04 Å². The molecule has 1 aliphatic carbocycles. The summed E-state index contributed by atoms with van der Waals surface area (Å²) in [4.78, 5) is 11.5. The molecular weight excluding hydrogens is 254 g/mol. The van der Waals surface area contributed by atoms with E-state index >= 15 is 0 Å². The monoisotopic (exact) mass is 277 g/mol. The molecule has 0 amide bonds. The second kappa shape index (κ2) is 7.29. The van der Waals surface area contributed by atoms with Gasteiger partial charge in [0.1, 0.15) is 11.8 Å². The van der Waals surface area contributed by atoms with Crippen LogP contribution in [0.4, 0.5) is 0 Å². The van der Waals surface area contributed by atoms with Gasteiger partial charge in [-0.15, -0.1) is 0 Å². The number of hydrogen-bond acceptors (Lipinski definition) is 3. The molecule has 1 aromatic carbocycles. The summed E-state index contributed by atoms with van der Waals surface area (Å²) in [5.74, 6) is -0.0895. The van der Waals surface area contributed by atoms with Gasteiger partial charge >= 0.3 is 5.97 Å². The van der Waals surface area contributed by atoms with Crippen molar-refractivity contribution in [1.82, 2.24) is 5.32 Å². The van der Waals surface area contributed by atoms with Crippen LogP contribution >= 0.6 is 0 Å². The van der Waals surface area contributed by atoms with Crippen LogP contribution in [0.15, 0.2) is 24.3 Å². The minimum atomic E-state index is -0.829. The molecule has 2 N–H and O–H groups in total. The topological polar surface area (TPSA) is 58.6 Å². The number of aliphatic carboxylic acids is 1. The fraction of sp³-hybridized carbons (Fsp3) is 0.562. The predicted octanol–water partition coefficient (Wildman–Crippen LogP) is 3.13. The molecule has 0 heterocycles. The van der Waals surface area contributed by atoms with Crippen molar-refractivity contribution in [2.24, 2.45) is 0 Å². The smallest absolute Gasteiger partial charge is 0.325 e. The minimum absolute atomic E-state index is 0.316. The van der Waals surface area contributed by atoms with Crippen molar-refractivity contribution in [1.29, 1.82) is 0 Å². The summed E-state index contributed by atoms with van der Waals surface area (Å²) >= 11 is 0. The lowest BCUT2D eigenvalue weighted by molar-refractivity contribution is -0.139. The summed E-state index contributed by atoms with van der Waals surface area (Å²) in [7, 11) is 0. The fourth-order valence-electron chi connectivity index (χ4n) is 2.64. The van der Waals surface area contributed by atoms with Crippen molar-refractivity contribution < 1.29 is 14.6 Å². The summed E-state index contributed by atoms with van der Waals surface area (Å²) in [5, 5.41) is 12.7. The molecule has 0 radical (unpaired) electrons. The number of benzene rings is 1. The van der Waals surface area contributed by atoms with Crippen molar-refractivity contribution in [2.45, 2.75) is 51.1 Å². The average Bonchev–Trinajstić information content (AvgIpc) is 2.95. The molecule has 2 rings (SSSR count). The van der Waals surface area contributed by atoms with Gasteiger partial charge in [-0.05, 0) is 37.0 Å². The SMILES string of the molecule is CCCOc1cccc(C(NC2CCCC2)C(=O)O)c1. The lowest BCUT2D eigenvalue weighted by Crippen LogP contribution is -2.35. The Hall–Kier alpha value is -1.55. The third kappa shape index (κ3) is 3.97. The predicted molar refractivity (Wildman–Crippen MR) is 78.0 cm³/mol. The summed E-state index contributed by atoms with van der Waals surface area (Å²) < 4.78 is 5.57. The van der Waals surface area contributed by atoms with Crippen LogP contribution in [0.3, 0.4) is 0 Å². The minimum Gasteiger partial charge on any atom is -0.494 e. The first-order chi connectivity index (χ1) is 9.70. The van der Waals surface area contributed by atoms with Crippen LogP contribution < -0.4 is 10.1 Å². The lowest BCUT2D eigenvalue weighted by Gasteiger charge is -2.20. The Labute approximate surface area is 120 Å². The van der Waals surface area contributed by atoms with Crippen molar-refractivity contribution >= 4 is 5.97 Å². The Balaban J connectivity index is 2.09. The van der Waals surface area contributed by atoms with E-state index in [0.717, 1.165) is 30.6 Å². The van der Waals surface area contributed by atoms with Gasteiger partial charge in [0.25, 0.3) is 0 Å². The highest BCUT2D eigenvalue weighted by atomic mass is 16.5. The lowest BCUT2D eigenvalue weighted by atomic mass is 10.0. The molecule has 0 saturated heterocycles. The number of carbonyl (C=O) groups is 1. The van der Waals surface area contributed by atoms with Crippen LogP contribution in [0.2, 0.25) is 0 Å². The molecule has 1 fully saturated rings. The Kier molecular flexibility index (Phi) is 5.41. The van der Waals surface area contributed by atoms with E-state index in [2.05, 4.69) is 5.32 Å². The zero-order chi connectivity index (χ0) is 14.4. The van der Waals surface area contributed by atoms with Crippen molar-refractivity contribution in [2.75, 3.05) is 6.61 Å². The molecule has 0 spiro atoms. The Morgan fingerprint density at radius 3 is 2.85 bits per heavy atom. The molecule has 1 atom stereocenters. The van der Waals surface area contributed by atoms with Gasteiger partial charge in [-0.3, -0.25) is 10.1 Å². The van der Waals surface area contributed by atoms with Crippen LogP contribution in [0, 0.1) is 0 Å². The van der Waals surface area contributed by atoms with E-state index in [4.69, 9.17) is 4.74 Å². The van der Waals surface area contributed by atoms with E-state index in [1.54, 1.807) is 0 Å². The standard InChI is InChI=1S/C16H23NO3/c1-2-10-20-14-9-5-6-12(11-14)15(16(18)19)17-13-7-3-4-8-13/h5-6,9,11,13,15,17H,2-4,7-8,10H2,1H3,(H,18,19). The van der Waals surface area contributed by atoms with Crippen LogP contribution in [0.5, 0.6) is 5.75 Å². The zero-order valence-electron chi connectivity index (χ0n) is 12.0. The van der Waals surface area contributed by atoms with Gasteiger partial charge < -0.3 is 9.84 Å². The van der Waals surface area contributed by atoms with E-state index in [1.165, 1.54) is 12.8 Å². The van der Waals surface area contributed by atoms with Crippen molar-refractivity contribution in [3.8, 4) is 5.75 Å². The fourth-order valence-corrected chi connectivity index (χ4v) is 2.64. The number of rotatable bonds is 7. The largest absolute Gasteiger partial charge is 0.494 e. The summed E-state index contributed by atoms with van der Waals surface area (Å²) in [6, 6.07) is 7.07. The molecule has 0 aromatic heterocycles. The Bertz CT molecular complexity index is 441. The zero-order valence-corrected chi connectivity index (χ0v) is 12.0. The molecule has 1 aromatic rings. The third-order valence-electron chi connectivity index (χ3n) is 3.67. The quantitative estimate of drug-likeness (QED) is 0.804. The van der Waals surface area contributed by atoms with E-state index in [0.29, 0.717) is 12.6 Å². The van der Waals surface area contributed by atoms with Gasteiger partial charge in [-0.1, -0.05) is 31.9 Å². The second-order valence-electron chi connectivity index (χ2n) is 5.34. The van der Waals surface area contributed by atoms with Gasteiger partial charge in [0.2, 0.25) is 0 Å². The maximum atomic E-state index is 11.5. The molecule has 0 aliphatic heterocycles. The van der Waals surface area contributed by atoms with Crippen LogP contribution in [-0.2, 0) is 4.79 Å². The van der Waals surface area contributed by atoms with E-state index in [-0.39, 0.29) is 0 Å². The molecule has 1 unspecified atom stereocenters. The van der Waals surface area contributed by atoms with Crippen molar-refractivity contribution in [3.05, 3.63) is 29.8 Å². The maximum absolute atomic E-state index is 11.5. The molecule has 110 valence electrons. The number of hydrogen-bond donors (Lipinski definition) is 2. The molecule has 0 bridgehead atoms. The average molecular weight is 277 g/mol. The first-order valence-corrected chi connectivity index (χ1v) is 7.42. The highest BCUT2D eigenvalue weighted by Crippen LogP contribution is 2.24. The van der Waals surface area contributed by atoms with E-state index < -0.39 is 12.0 Å². The van der Waals surface area contributed by atoms with Crippen LogP contribution in [-0.4, -0.2) is 23.7 Å². The Morgan fingerprint density at radius 2 is 2.20 bits per heavy atom. The number of ether oxygens (including phenoxy) is 1. The van der Waals surface area contributed by atoms with E-state index in [1.807, 2.05) is 31.2 Å². The maximum Gasteiger partial charge on any atom is 0.325 e. The first-order valence-electron chi connectivity index (χ1n) is 7.42. The van der Waals surface area contributed by atoms with Gasteiger partial charge in [0.05, 0.1) is 6.61 Å². The molecular formula is C16H23NO3. The normalized spacial score (nSPS) is 17.1. The van der Waals surface area contributed by atoms with Crippen LogP contribution in [0.25, 0.3) is 0 Å². The number of carboxylic acid groups (broad SMARTS) is 1. The molecule has 4 nitrogen and oxygen atoms in total. The summed E-state index contributed by atoms with van der Waals surface area (Å²) in [6.07, 6.45) is 5.44. The first kappa shape index (κ1) is 14.9. The molecule has 1 saturated carbocycles. The second-order valence-corrected chi connectivity index (χ2v) is 5.34. The number of nitrogens with one attached hydrogen (secondary N) is 1. The molecule has 1 aliphatic rings. The van der Waals surface area contributed by atoms with E-state index in [9.17, 15) is 9.90 Å². The van der Waals surface area contributed by atoms with Gasteiger partial charge in [0.15, 0.2) is 0 Å². The Morgan fingerprint density at radius 1 is 1.45 bits per heavy atom. The van der Waals surface area contributed by atoms with Gasteiger partial charge in [-0.25, -0.2) is 0 Å². The molecule has 20 heavy (non-hydrogen) atoms. The van der Waals surface area contributed by atoms with Crippen LogP contribution in [0.1, 0.15) is 50.6 Å². The summed E-state index contributed by atoms with van der Waals surface area (Å²) in [6.45, 7) is 2.70. The summed E-state index contributed by atoms with van der Waals surface area (Å²) in [5.41, 5.74) is 0.762. The highest BCUT2D eigenvalue weighted by molar-refractivity contribution is 5.75. The van der Waals surface area contributed by atoms with Gasteiger partial charge in [-0.2, -0.15) is 0 Å². The highest BCUT2D eigenvalue weighted by Gasteiger charge is 2.25. The molecule has 4 heteroatoms. The third-order valence-corrected chi connectivity index (χ3v) is 3.67. The number of carboxylic acids is 1.